The summed E-state index contributed by atoms with van der Waals surface area (Å²) in [7, 11) is 3.92. The number of ether oxygens (including phenoxy) is 1. The molecule has 0 aliphatic carbocycles. The van der Waals surface area contributed by atoms with Crippen molar-refractivity contribution in [1.29, 1.82) is 0 Å². The van der Waals surface area contributed by atoms with Gasteiger partial charge in [-0.2, -0.15) is 0 Å². The first-order valence-electron chi connectivity index (χ1n) is 10.8. The van der Waals surface area contributed by atoms with Gasteiger partial charge in [0.2, 0.25) is 0 Å². The van der Waals surface area contributed by atoms with Gasteiger partial charge in [0, 0.05) is 24.5 Å². The first kappa shape index (κ1) is 23.5. The van der Waals surface area contributed by atoms with Gasteiger partial charge >= 0.3 is 0 Å². The van der Waals surface area contributed by atoms with Crippen molar-refractivity contribution in [2.24, 2.45) is 0 Å². The predicted octanol–water partition coefficient (Wildman–Crippen LogP) is 3.55. The number of hydrogen-bond acceptors (Lipinski definition) is 6. The van der Waals surface area contributed by atoms with Crippen LogP contribution in [-0.4, -0.2) is 64.9 Å². The smallest absolute Gasteiger partial charge is 0.295 e. The standard InChI is InChI=1S/C25H31N3O4/c1-16(2)32-20-10-9-18(14-17(20)3)23(29)21-22(19-8-6-11-26-15-19)28(25(31)24(21)30)13-7-12-27(4)5/h6,8-11,14-16,22,29H,7,12-13H2,1-5H3. The Morgan fingerprint density at radius 1 is 1.25 bits per heavy atom. The third-order valence-electron chi connectivity index (χ3n) is 5.36. The minimum Gasteiger partial charge on any atom is -0.507 e. The van der Waals surface area contributed by atoms with Gasteiger partial charge in [0.05, 0.1) is 17.7 Å². The van der Waals surface area contributed by atoms with Gasteiger partial charge in [0.1, 0.15) is 11.5 Å². The number of Topliss-reactive ketones (excluding diaryl/α,β-unsaturated/α-hetero) is 1. The summed E-state index contributed by atoms with van der Waals surface area (Å²) < 4.78 is 5.78. The molecule has 7 heteroatoms. The maximum absolute atomic E-state index is 13.0. The van der Waals surface area contributed by atoms with Crippen LogP contribution in [0.25, 0.3) is 5.76 Å². The molecule has 1 N–H and O–H groups in total. The van der Waals surface area contributed by atoms with Crippen molar-refractivity contribution in [3.05, 3.63) is 65.0 Å². The molecule has 3 rings (SSSR count). The van der Waals surface area contributed by atoms with E-state index in [0.717, 1.165) is 12.1 Å². The van der Waals surface area contributed by atoms with Crippen LogP contribution in [0.15, 0.2) is 48.3 Å². The minimum absolute atomic E-state index is 0.0196. The molecule has 32 heavy (non-hydrogen) atoms. The largest absolute Gasteiger partial charge is 0.507 e. The fraction of sp³-hybridized carbons (Fsp3) is 0.400. The lowest BCUT2D eigenvalue weighted by Gasteiger charge is -2.25. The number of carbonyl (C=O) groups excluding carboxylic acids is 2. The zero-order chi connectivity index (χ0) is 23.4. The predicted molar refractivity (Wildman–Crippen MR) is 123 cm³/mol. The molecule has 0 spiro atoms. The number of likely N-dealkylation sites (tertiary alicyclic amines) is 1. The maximum Gasteiger partial charge on any atom is 0.295 e. The lowest BCUT2D eigenvalue weighted by molar-refractivity contribution is -0.139. The van der Waals surface area contributed by atoms with Crippen LogP contribution in [-0.2, 0) is 9.59 Å². The number of benzene rings is 1. The van der Waals surface area contributed by atoms with Crippen molar-refractivity contribution in [2.75, 3.05) is 27.2 Å². The third kappa shape index (κ3) is 4.99. The van der Waals surface area contributed by atoms with Crippen molar-refractivity contribution in [2.45, 2.75) is 39.3 Å². The summed E-state index contributed by atoms with van der Waals surface area (Å²) in [4.78, 5) is 33.7. The molecular formula is C25H31N3O4. The second kappa shape index (κ2) is 9.96. The minimum atomic E-state index is -0.683. The van der Waals surface area contributed by atoms with E-state index >= 15 is 0 Å². The van der Waals surface area contributed by atoms with Crippen LogP contribution in [0.3, 0.4) is 0 Å². The molecule has 1 amide bonds. The van der Waals surface area contributed by atoms with Crippen LogP contribution in [0.1, 0.15) is 43.0 Å². The number of aryl methyl sites for hydroxylation is 1. The number of aromatic nitrogens is 1. The first-order valence-corrected chi connectivity index (χ1v) is 10.8. The maximum atomic E-state index is 13.0. The molecule has 0 radical (unpaired) electrons. The average Bonchev–Trinajstić information content (AvgIpc) is 2.99. The lowest BCUT2D eigenvalue weighted by Crippen LogP contribution is -2.32. The number of rotatable bonds is 8. The molecule has 1 aliphatic heterocycles. The molecule has 1 aromatic heterocycles. The lowest BCUT2D eigenvalue weighted by atomic mass is 9.95. The molecule has 1 aromatic carbocycles. The third-order valence-corrected chi connectivity index (χ3v) is 5.36. The first-order chi connectivity index (χ1) is 15.2. The number of aliphatic hydroxyl groups is 1. The van der Waals surface area contributed by atoms with Gasteiger partial charge in [-0.05, 0) is 83.2 Å². The highest BCUT2D eigenvalue weighted by atomic mass is 16.5. The molecule has 1 atom stereocenters. The van der Waals surface area contributed by atoms with E-state index in [4.69, 9.17) is 4.74 Å². The van der Waals surface area contributed by atoms with Crippen LogP contribution in [0, 0.1) is 6.92 Å². The summed E-state index contributed by atoms with van der Waals surface area (Å²) in [6.45, 7) is 6.95. The number of carbonyl (C=O) groups is 2. The Morgan fingerprint density at radius 3 is 2.59 bits per heavy atom. The van der Waals surface area contributed by atoms with E-state index in [0.29, 0.717) is 29.8 Å². The number of hydrogen-bond donors (Lipinski definition) is 1. The zero-order valence-corrected chi connectivity index (χ0v) is 19.3. The normalized spacial score (nSPS) is 18.1. The zero-order valence-electron chi connectivity index (χ0n) is 19.3. The number of aliphatic hydroxyl groups excluding tert-OH is 1. The molecule has 0 bridgehead atoms. The molecule has 2 aromatic rings. The van der Waals surface area contributed by atoms with E-state index < -0.39 is 17.7 Å². The van der Waals surface area contributed by atoms with E-state index in [1.54, 1.807) is 36.7 Å². The van der Waals surface area contributed by atoms with Crippen LogP contribution < -0.4 is 4.74 Å². The number of ketones is 1. The van der Waals surface area contributed by atoms with Gasteiger partial charge in [0.25, 0.3) is 11.7 Å². The van der Waals surface area contributed by atoms with Crippen LogP contribution in [0.4, 0.5) is 0 Å². The highest BCUT2D eigenvalue weighted by molar-refractivity contribution is 6.46. The van der Waals surface area contributed by atoms with Gasteiger partial charge in [0.15, 0.2) is 0 Å². The van der Waals surface area contributed by atoms with E-state index in [-0.39, 0.29) is 17.4 Å². The number of amides is 1. The summed E-state index contributed by atoms with van der Waals surface area (Å²) in [6.07, 6.45) is 4.00. The molecule has 2 heterocycles. The van der Waals surface area contributed by atoms with Crippen molar-refractivity contribution < 1.29 is 19.4 Å². The fourth-order valence-electron chi connectivity index (χ4n) is 3.89. The fourth-order valence-corrected chi connectivity index (χ4v) is 3.89. The second-order valence-corrected chi connectivity index (χ2v) is 8.58. The number of pyridine rings is 1. The van der Waals surface area contributed by atoms with Gasteiger partial charge in [-0.15, -0.1) is 0 Å². The quantitative estimate of drug-likeness (QED) is 0.386. The van der Waals surface area contributed by atoms with E-state index in [1.807, 2.05) is 45.8 Å². The van der Waals surface area contributed by atoms with Crippen molar-refractivity contribution in [3.8, 4) is 5.75 Å². The Morgan fingerprint density at radius 2 is 2.00 bits per heavy atom. The highest BCUT2D eigenvalue weighted by Gasteiger charge is 2.45. The Hall–Kier alpha value is -3.19. The van der Waals surface area contributed by atoms with Gasteiger partial charge < -0.3 is 19.6 Å². The molecule has 1 aliphatic rings. The topological polar surface area (TPSA) is 83.0 Å². The summed E-state index contributed by atoms with van der Waals surface area (Å²) >= 11 is 0. The second-order valence-electron chi connectivity index (χ2n) is 8.58. The van der Waals surface area contributed by atoms with Crippen molar-refractivity contribution in [3.63, 3.8) is 0 Å². The van der Waals surface area contributed by atoms with Crippen LogP contribution in [0.5, 0.6) is 5.75 Å². The Bertz CT molecular complexity index is 1020. The Balaban J connectivity index is 2.05. The molecule has 0 saturated carbocycles. The Labute approximate surface area is 189 Å². The van der Waals surface area contributed by atoms with E-state index in [9.17, 15) is 14.7 Å². The monoisotopic (exact) mass is 437 g/mol. The molecule has 170 valence electrons. The van der Waals surface area contributed by atoms with E-state index in [2.05, 4.69) is 4.98 Å². The van der Waals surface area contributed by atoms with Gasteiger partial charge in [-0.25, -0.2) is 0 Å². The SMILES string of the molecule is Cc1cc(C(O)=C2C(=O)C(=O)N(CCCN(C)C)C2c2cccnc2)ccc1OC(C)C. The number of nitrogens with zero attached hydrogens (tertiary/aromatic N) is 3. The summed E-state index contributed by atoms with van der Waals surface area (Å²) in [5.74, 6) is -0.756. The molecule has 7 nitrogen and oxygen atoms in total. The Kier molecular flexibility index (Phi) is 7.30. The summed E-state index contributed by atoms with van der Waals surface area (Å²) in [6, 6.07) is 8.15. The van der Waals surface area contributed by atoms with Gasteiger partial charge in [-0.3, -0.25) is 14.6 Å². The summed E-state index contributed by atoms with van der Waals surface area (Å²) in [5.41, 5.74) is 2.08. The summed E-state index contributed by atoms with van der Waals surface area (Å²) in [5, 5.41) is 11.2. The molecule has 1 unspecified atom stereocenters. The van der Waals surface area contributed by atoms with Crippen molar-refractivity contribution in [1.82, 2.24) is 14.8 Å². The van der Waals surface area contributed by atoms with Gasteiger partial charge in [-0.1, -0.05) is 6.07 Å². The molecule has 1 saturated heterocycles. The van der Waals surface area contributed by atoms with Crippen molar-refractivity contribution >= 4 is 17.4 Å². The van der Waals surface area contributed by atoms with E-state index in [1.165, 1.54) is 4.90 Å². The molecule has 1 fully saturated rings. The van der Waals surface area contributed by atoms with Crippen LogP contribution in [0.2, 0.25) is 0 Å². The molecular weight excluding hydrogens is 406 g/mol. The average molecular weight is 438 g/mol. The van der Waals surface area contributed by atoms with Crippen LogP contribution >= 0.6 is 0 Å². The highest BCUT2D eigenvalue weighted by Crippen LogP contribution is 2.39.